The van der Waals surface area contributed by atoms with Gasteiger partial charge in [-0.25, -0.2) is 0 Å². The van der Waals surface area contributed by atoms with Gasteiger partial charge in [0.1, 0.15) is 0 Å². The first-order valence-electron chi connectivity index (χ1n) is 3.78. The lowest BCUT2D eigenvalue weighted by molar-refractivity contribution is 0.288. The van der Waals surface area contributed by atoms with E-state index in [-0.39, 0.29) is 5.41 Å². The van der Waals surface area contributed by atoms with Crippen LogP contribution in [0.3, 0.4) is 0 Å². The molecule has 3 nitrogen and oxygen atoms in total. The van der Waals surface area contributed by atoms with Crippen LogP contribution in [0.15, 0.2) is 10.8 Å². The van der Waals surface area contributed by atoms with E-state index in [1.165, 1.54) is 6.39 Å². The van der Waals surface area contributed by atoms with Gasteiger partial charge >= 0.3 is 0 Å². The summed E-state index contributed by atoms with van der Waals surface area (Å²) in [4.78, 5) is 0. The zero-order chi connectivity index (χ0) is 8.48. The van der Waals surface area contributed by atoms with Crippen molar-refractivity contribution in [2.45, 2.75) is 33.6 Å². The smallest absolute Gasteiger partial charge is 0.219 e. The van der Waals surface area contributed by atoms with E-state index in [9.17, 15) is 0 Å². The van der Waals surface area contributed by atoms with Crippen molar-refractivity contribution in [2.75, 3.05) is 0 Å². The maximum atomic E-state index is 5.10. The monoisotopic (exact) mass is 154 g/mol. The van der Waals surface area contributed by atoms with Crippen molar-refractivity contribution in [3.63, 3.8) is 0 Å². The van der Waals surface area contributed by atoms with E-state index in [1.807, 2.05) is 0 Å². The van der Waals surface area contributed by atoms with Crippen LogP contribution in [0.4, 0.5) is 0 Å². The van der Waals surface area contributed by atoms with Crippen LogP contribution in [-0.4, -0.2) is 10.2 Å². The first-order valence-corrected chi connectivity index (χ1v) is 3.78. The molecule has 0 aliphatic heterocycles. The van der Waals surface area contributed by atoms with Crippen molar-refractivity contribution >= 4 is 0 Å². The fourth-order valence-electron chi connectivity index (χ4n) is 0.741. The Kier molecular flexibility index (Phi) is 1.98. The van der Waals surface area contributed by atoms with E-state index < -0.39 is 0 Å². The Morgan fingerprint density at radius 3 is 2.45 bits per heavy atom. The van der Waals surface area contributed by atoms with Crippen LogP contribution in [0.25, 0.3) is 0 Å². The summed E-state index contributed by atoms with van der Waals surface area (Å²) in [6, 6.07) is 0. The molecule has 0 saturated carbocycles. The highest BCUT2D eigenvalue weighted by molar-refractivity contribution is 4.92. The molecule has 0 spiro atoms. The summed E-state index contributed by atoms with van der Waals surface area (Å²) in [6.07, 6.45) is 1.37. The second-order valence-electron chi connectivity index (χ2n) is 3.86. The lowest BCUT2D eigenvalue weighted by Crippen LogP contribution is -2.15. The lowest BCUT2D eigenvalue weighted by atomic mass is 9.82. The van der Waals surface area contributed by atoms with E-state index in [1.54, 1.807) is 0 Å². The van der Waals surface area contributed by atoms with Crippen molar-refractivity contribution in [1.29, 1.82) is 0 Å². The van der Waals surface area contributed by atoms with Gasteiger partial charge in [0.2, 0.25) is 12.3 Å². The summed E-state index contributed by atoms with van der Waals surface area (Å²) < 4.78 is 5.10. The van der Waals surface area contributed by atoms with Gasteiger partial charge in [0.25, 0.3) is 0 Å². The third-order valence-electron chi connectivity index (χ3n) is 2.05. The summed E-state index contributed by atoms with van der Waals surface area (Å²) in [5, 5.41) is 7.51. The molecular weight excluding hydrogens is 140 g/mol. The minimum Gasteiger partial charge on any atom is -0.428 e. The molecule has 3 heteroatoms. The average molecular weight is 154 g/mol. The molecule has 1 aromatic heterocycles. The number of nitrogens with zero attached hydrogens (tertiary/aromatic N) is 2. The molecule has 0 amide bonds. The van der Waals surface area contributed by atoms with E-state index in [0.29, 0.717) is 5.92 Å². The highest BCUT2D eigenvalue weighted by Gasteiger charge is 2.25. The fourth-order valence-corrected chi connectivity index (χ4v) is 0.741. The number of aromatic nitrogens is 2. The molecule has 0 aliphatic rings. The van der Waals surface area contributed by atoms with Crippen LogP contribution in [0.5, 0.6) is 0 Å². The second-order valence-corrected chi connectivity index (χ2v) is 3.86. The maximum Gasteiger partial charge on any atom is 0.219 e. The van der Waals surface area contributed by atoms with Gasteiger partial charge in [0, 0.05) is 5.92 Å². The van der Waals surface area contributed by atoms with Crippen LogP contribution < -0.4 is 0 Å². The Morgan fingerprint density at radius 2 is 2.09 bits per heavy atom. The molecule has 1 aromatic rings. The Morgan fingerprint density at radius 1 is 1.45 bits per heavy atom. The van der Waals surface area contributed by atoms with E-state index in [0.717, 1.165) is 5.89 Å². The number of rotatable bonds is 1. The highest BCUT2D eigenvalue weighted by atomic mass is 16.4. The molecule has 0 bridgehead atoms. The SMILES string of the molecule is CC(c1nnco1)C(C)(C)C. The molecule has 0 aliphatic carbocycles. The Hall–Kier alpha value is -0.860. The average Bonchev–Trinajstić information content (AvgIpc) is 2.34. The van der Waals surface area contributed by atoms with Crippen LogP contribution >= 0.6 is 0 Å². The molecule has 0 fully saturated rings. The van der Waals surface area contributed by atoms with Crippen molar-refractivity contribution in [3.8, 4) is 0 Å². The van der Waals surface area contributed by atoms with Crippen molar-refractivity contribution in [1.82, 2.24) is 10.2 Å². The molecule has 0 N–H and O–H groups in total. The third-order valence-corrected chi connectivity index (χ3v) is 2.05. The molecule has 11 heavy (non-hydrogen) atoms. The van der Waals surface area contributed by atoms with Gasteiger partial charge in [-0.05, 0) is 5.41 Å². The molecule has 0 radical (unpaired) electrons. The summed E-state index contributed by atoms with van der Waals surface area (Å²) in [5.41, 5.74) is 0.187. The number of hydrogen-bond acceptors (Lipinski definition) is 3. The molecule has 1 atom stereocenters. The standard InChI is InChI=1S/C8H14N2O/c1-6(8(2,3)4)7-10-9-5-11-7/h5-6H,1-4H3. The summed E-state index contributed by atoms with van der Waals surface area (Å²) in [6.45, 7) is 8.55. The van der Waals surface area contributed by atoms with Crippen molar-refractivity contribution < 1.29 is 4.42 Å². The predicted molar refractivity (Wildman–Crippen MR) is 42.2 cm³/mol. The van der Waals surface area contributed by atoms with Crippen molar-refractivity contribution in [3.05, 3.63) is 12.3 Å². The van der Waals surface area contributed by atoms with Crippen LogP contribution in [0.2, 0.25) is 0 Å². The summed E-state index contributed by atoms with van der Waals surface area (Å²) >= 11 is 0. The molecule has 1 heterocycles. The molecular formula is C8H14N2O. The molecule has 1 unspecified atom stereocenters. The minimum atomic E-state index is 0.187. The molecule has 0 aromatic carbocycles. The normalized spacial score (nSPS) is 14.9. The highest BCUT2D eigenvalue weighted by Crippen LogP contribution is 2.32. The van der Waals surface area contributed by atoms with E-state index >= 15 is 0 Å². The quantitative estimate of drug-likeness (QED) is 0.622. The Balaban J connectivity index is 2.78. The topological polar surface area (TPSA) is 38.9 Å². The molecule has 62 valence electrons. The maximum absolute atomic E-state index is 5.10. The lowest BCUT2D eigenvalue weighted by Gasteiger charge is -2.23. The van der Waals surface area contributed by atoms with Gasteiger partial charge in [-0.2, -0.15) is 0 Å². The van der Waals surface area contributed by atoms with Gasteiger partial charge in [0.05, 0.1) is 0 Å². The first-order chi connectivity index (χ1) is 5.02. The van der Waals surface area contributed by atoms with Crippen LogP contribution in [-0.2, 0) is 0 Å². The Bertz CT molecular complexity index is 210. The zero-order valence-electron chi connectivity index (χ0n) is 7.46. The molecule has 1 rings (SSSR count). The van der Waals surface area contributed by atoms with Gasteiger partial charge in [-0.1, -0.05) is 27.7 Å². The minimum absolute atomic E-state index is 0.187. The van der Waals surface area contributed by atoms with Gasteiger partial charge < -0.3 is 4.42 Å². The van der Waals surface area contributed by atoms with E-state index in [2.05, 4.69) is 37.9 Å². The third kappa shape index (κ3) is 1.79. The fraction of sp³-hybridized carbons (Fsp3) is 0.750. The van der Waals surface area contributed by atoms with Gasteiger partial charge in [0.15, 0.2) is 0 Å². The predicted octanol–water partition coefficient (Wildman–Crippen LogP) is 2.22. The summed E-state index contributed by atoms with van der Waals surface area (Å²) in [5.74, 6) is 1.03. The summed E-state index contributed by atoms with van der Waals surface area (Å²) in [7, 11) is 0. The zero-order valence-corrected chi connectivity index (χ0v) is 7.46. The van der Waals surface area contributed by atoms with Gasteiger partial charge in [-0.3, -0.25) is 0 Å². The van der Waals surface area contributed by atoms with Crippen LogP contribution in [0.1, 0.15) is 39.5 Å². The van der Waals surface area contributed by atoms with E-state index in [4.69, 9.17) is 4.42 Å². The largest absolute Gasteiger partial charge is 0.428 e. The van der Waals surface area contributed by atoms with Gasteiger partial charge in [-0.15, -0.1) is 10.2 Å². The second kappa shape index (κ2) is 2.64. The number of hydrogen-bond donors (Lipinski definition) is 0. The Labute approximate surface area is 66.8 Å². The molecule has 0 saturated heterocycles. The van der Waals surface area contributed by atoms with Crippen LogP contribution in [0, 0.1) is 5.41 Å². The van der Waals surface area contributed by atoms with Crippen molar-refractivity contribution in [2.24, 2.45) is 5.41 Å². The first kappa shape index (κ1) is 8.24.